The van der Waals surface area contributed by atoms with E-state index in [2.05, 4.69) is 26.8 Å². The molecule has 0 aromatic carbocycles. The zero-order valence-corrected chi connectivity index (χ0v) is 28.5. The molecule has 13 heteroatoms. The van der Waals surface area contributed by atoms with E-state index in [-0.39, 0.29) is 43.4 Å². The van der Waals surface area contributed by atoms with Gasteiger partial charge in [-0.25, -0.2) is 4.79 Å². The summed E-state index contributed by atoms with van der Waals surface area (Å²) in [6.45, 7) is 12.2. The molecule has 0 fully saturated rings. The Balaban J connectivity index is 2.29. The van der Waals surface area contributed by atoms with E-state index in [1.165, 1.54) is 24.3 Å². The number of halogens is 6. The molecule has 0 spiro atoms. The highest BCUT2D eigenvalue weighted by atomic mass is 19.4. The van der Waals surface area contributed by atoms with E-state index in [0.29, 0.717) is 31.0 Å². The summed E-state index contributed by atoms with van der Waals surface area (Å²) in [6.07, 6.45) is 7.41. The minimum absolute atomic E-state index is 0.00651. The summed E-state index contributed by atoms with van der Waals surface area (Å²) >= 11 is 0. The Bertz CT molecular complexity index is 1420. The van der Waals surface area contributed by atoms with Gasteiger partial charge in [-0.3, -0.25) is 0 Å². The highest BCUT2D eigenvalue weighted by molar-refractivity contribution is 5.76. The van der Waals surface area contributed by atoms with E-state index < -0.39 is 35.9 Å². The number of alkyl halides is 6. The molecule has 2 rings (SSSR count). The van der Waals surface area contributed by atoms with Crippen molar-refractivity contribution in [3.8, 4) is 0 Å². The Morgan fingerprint density at radius 2 is 1.82 bits per heavy atom. The largest absolute Gasteiger partial charge is 0.480 e. The summed E-state index contributed by atoms with van der Waals surface area (Å²) < 4.78 is 80.2. The lowest BCUT2D eigenvalue weighted by Crippen LogP contribution is -2.32. The fourth-order valence-electron chi connectivity index (χ4n) is 5.04. The fraction of sp³-hybridized carbons (Fsp3) is 0.500. The minimum atomic E-state index is -4.49. The first-order chi connectivity index (χ1) is 23.1. The Hall–Kier alpha value is -4.16. The first-order valence-electron chi connectivity index (χ1n) is 16.5. The zero-order chi connectivity index (χ0) is 36.6. The summed E-state index contributed by atoms with van der Waals surface area (Å²) in [5.74, 6) is -2.66. The zero-order valence-electron chi connectivity index (χ0n) is 28.5. The standard InChI is InChI=1S/C36H47F6N5O2/c1-6-10-16-28(35(37,38)39)21-19-25(5)26(9-4)14-11-12-18-30(32(48)49)43-33-44-31(45-34(46-33)47(23-7-2)24-8-3)27-15-13-17-29(22-20-27)36(40,41)42/h6,9,11,13-14,16-17,19-21,25,29-30H,1,7-8,10,12,15,18,22-24H2,2-5H3,(H,48,49)(H,43,44,45,46)/b14-11-,21-19-,26-9+,28-16+. The molecule has 1 aliphatic carbocycles. The number of allylic oxidation sites excluding steroid dienone is 13. The number of carbonyl (C=O) groups is 1. The Labute approximate surface area is 285 Å². The number of carboxylic acids is 1. The Kier molecular flexibility index (Phi) is 16.5. The van der Waals surface area contributed by atoms with Gasteiger partial charge in [0.1, 0.15) is 6.04 Å². The van der Waals surface area contributed by atoms with Crippen LogP contribution in [0.25, 0.3) is 5.57 Å². The molecule has 7 nitrogen and oxygen atoms in total. The molecule has 1 aromatic heterocycles. The van der Waals surface area contributed by atoms with Gasteiger partial charge in [-0.2, -0.15) is 41.3 Å². The predicted octanol–water partition coefficient (Wildman–Crippen LogP) is 9.81. The molecule has 3 atom stereocenters. The maximum Gasteiger partial charge on any atom is 0.416 e. The minimum Gasteiger partial charge on any atom is -0.480 e. The number of anilines is 2. The summed E-state index contributed by atoms with van der Waals surface area (Å²) in [5.41, 5.74) is 0.472. The van der Waals surface area contributed by atoms with Crippen molar-refractivity contribution in [3.05, 3.63) is 84.3 Å². The fourth-order valence-corrected chi connectivity index (χ4v) is 5.04. The maximum atomic E-state index is 13.4. The van der Waals surface area contributed by atoms with Crippen molar-refractivity contribution in [2.75, 3.05) is 23.3 Å². The van der Waals surface area contributed by atoms with Crippen LogP contribution < -0.4 is 10.2 Å². The van der Waals surface area contributed by atoms with E-state index >= 15 is 0 Å². The number of hydrogen-bond donors (Lipinski definition) is 2. The molecule has 1 aliphatic rings. The van der Waals surface area contributed by atoms with Crippen molar-refractivity contribution in [3.63, 3.8) is 0 Å². The third kappa shape index (κ3) is 13.7. The number of aromatic nitrogens is 3. The average molecular weight is 696 g/mol. The van der Waals surface area contributed by atoms with Crippen LogP contribution in [0.4, 0.5) is 38.2 Å². The van der Waals surface area contributed by atoms with Gasteiger partial charge in [-0.1, -0.05) is 81.5 Å². The summed E-state index contributed by atoms with van der Waals surface area (Å²) in [5, 5.41) is 12.9. The Morgan fingerprint density at radius 3 is 2.39 bits per heavy atom. The Morgan fingerprint density at radius 1 is 1.12 bits per heavy atom. The summed E-state index contributed by atoms with van der Waals surface area (Å²) in [4.78, 5) is 27.7. The van der Waals surface area contributed by atoms with Crippen LogP contribution in [0.5, 0.6) is 0 Å². The molecule has 0 amide bonds. The number of carboxylic acid groups (broad SMARTS) is 1. The topological polar surface area (TPSA) is 91.2 Å². The molecule has 1 heterocycles. The van der Waals surface area contributed by atoms with E-state index in [0.717, 1.165) is 36.6 Å². The van der Waals surface area contributed by atoms with Crippen molar-refractivity contribution in [1.29, 1.82) is 0 Å². The molecule has 0 radical (unpaired) electrons. The van der Waals surface area contributed by atoms with Crippen molar-refractivity contribution in [2.24, 2.45) is 11.8 Å². The molecule has 0 aliphatic heterocycles. The van der Waals surface area contributed by atoms with Crippen LogP contribution in [0.2, 0.25) is 0 Å². The van der Waals surface area contributed by atoms with E-state index in [1.54, 1.807) is 32.1 Å². The van der Waals surface area contributed by atoms with Crippen molar-refractivity contribution in [1.82, 2.24) is 15.0 Å². The molecular formula is C36H47F6N5O2. The third-order valence-electron chi connectivity index (χ3n) is 7.71. The third-order valence-corrected chi connectivity index (χ3v) is 7.71. The van der Waals surface area contributed by atoms with E-state index in [9.17, 15) is 36.2 Å². The second-order valence-corrected chi connectivity index (χ2v) is 11.6. The average Bonchev–Trinajstić information content (AvgIpc) is 3.30. The first-order valence-corrected chi connectivity index (χ1v) is 16.5. The quantitative estimate of drug-likeness (QED) is 0.0898. The number of nitrogens with zero attached hydrogens (tertiary/aromatic N) is 4. The molecule has 0 bridgehead atoms. The molecule has 2 N–H and O–H groups in total. The lowest BCUT2D eigenvalue weighted by molar-refractivity contribution is -0.160. The first kappa shape index (κ1) is 41.0. The molecule has 49 heavy (non-hydrogen) atoms. The van der Waals surface area contributed by atoms with Gasteiger partial charge in [0.2, 0.25) is 11.9 Å². The number of hydrogen-bond acceptors (Lipinski definition) is 6. The van der Waals surface area contributed by atoms with Crippen LogP contribution in [0, 0.1) is 11.8 Å². The predicted molar refractivity (Wildman–Crippen MR) is 183 cm³/mol. The van der Waals surface area contributed by atoms with Gasteiger partial charge in [0.25, 0.3) is 0 Å². The lowest BCUT2D eigenvalue weighted by Gasteiger charge is -2.23. The second kappa shape index (κ2) is 19.7. The van der Waals surface area contributed by atoms with Gasteiger partial charge in [0, 0.05) is 13.1 Å². The van der Waals surface area contributed by atoms with Crippen molar-refractivity contribution >= 4 is 23.4 Å². The van der Waals surface area contributed by atoms with E-state index in [4.69, 9.17) is 0 Å². The molecule has 270 valence electrons. The van der Waals surface area contributed by atoms with Crippen LogP contribution in [0.15, 0.2) is 78.5 Å². The molecule has 3 unspecified atom stereocenters. The van der Waals surface area contributed by atoms with Crippen LogP contribution in [0.1, 0.15) is 78.5 Å². The molecule has 0 saturated heterocycles. The van der Waals surface area contributed by atoms with Gasteiger partial charge in [0.05, 0.1) is 11.5 Å². The van der Waals surface area contributed by atoms with E-state index in [1.807, 2.05) is 18.7 Å². The SMILES string of the molecule is C=CC/C=C(\C=C/C(C)C(/C=C\CCC(Nc1nc(C2=CCC(C(F)(F)F)C=CC2)nc(N(CCC)CCC)n1)C(=O)O)=C/C)C(F)(F)F. The highest BCUT2D eigenvalue weighted by Crippen LogP contribution is 2.34. The van der Waals surface area contributed by atoms with Crippen LogP contribution in [0.3, 0.4) is 0 Å². The second-order valence-electron chi connectivity index (χ2n) is 11.6. The van der Waals surface area contributed by atoms with Gasteiger partial charge in [0.15, 0.2) is 5.82 Å². The number of rotatable bonds is 18. The van der Waals surface area contributed by atoms with Crippen molar-refractivity contribution in [2.45, 2.75) is 91.0 Å². The van der Waals surface area contributed by atoms with Crippen LogP contribution >= 0.6 is 0 Å². The number of aliphatic carboxylic acids is 1. The molecule has 0 saturated carbocycles. The smallest absolute Gasteiger partial charge is 0.416 e. The highest BCUT2D eigenvalue weighted by Gasteiger charge is 2.37. The van der Waals surface area contributed by atoms with Crippen LogP contribution in [-0.4, -0.2) is 57.5 Å². The van der Waals surface area contributed by atoms with Crippen LogP contribution in [-0.2, 0) is 4.79 Å². The molecule has 1 aromatic rings. The summed E-state index contributed by atoms with van der Waals surface area (Å²) in [6, 6.07) is -1.12. The van der Waals surface area contributed by atoms with Gasteiger partial charge in [-0.05, 0) is 68.9 Å². The maximum absolute atomic E-state index is 13.4. The van der Waals surface area contributed by atoms with Gasteiger partial charge < -0.3 is 15.3 Å². The van der Waals surface area contributed by atoms with Gasteiger partial charge >= 0.3 is 18.3 Å². The monoisotopic (exact) mass is 695 g/mol. The molecular weight excluding hydrogens is 648 g/mol. The normalized spacial score (nSPS) is 17.6. The summed E-state index contributed by atoms with van der Waals surface area (Å²) in [7, 11) is 0. The van der Waals surface area contributed by atoms with Gasteiger partial charge in [-0.15, -0.1) is 6.58 Å². The lowest BCUT2D eigenvalue weighted by atomic mass is 9.98. The number of nitrogens with one attached hydrogen (secondary N) is 1. The van der Waals surface area contributed by atoms with Crippen molar-refractivity contribution < 1.29 is 36.2 Å².